The normalized spacial score (nSPS) is 11.5. The first-order valence-corrected chi connectivity index (χ1v) is 19.7. The molecule has 0 saturated heterocycles. The fourth-order valence-corrected chi connectivity index (χ4v) is 9.32. The van der Waals surface area contributed by atoms with Crippen LogP contribution in [0.3, 0.4) is 0 Å². The Hall–Kier alpha value is -6.75. The van der Waals surface area contributed by atoms with Crippen LogP contribution >= 0.6 is 11.3 Å². The third kappa shape index (κ3) is 5.29. The molecule has 3 nitrogen and oxygen atoms in total. The Morgan fingerprint density at radius 2 is 0.764 bits per heavy atom. The molecule has 0 fully saturated rings. The zero-order chi connectivity index (χ0) is 37.0. The fourth-order valence-electron chi connectivity index (χ4n) is 8.23. The van der Waals surface area contributed by atoms with Crippen molar-refractivity contribution in [1.29, 1.82) is 0 Å². The molecule has 0 unspecified atom stereocenters. The molecule has 4 heteroatoms. The second-order valence-electron chi connectivity index (χ2n) is 13.7. The van der Waals surface area contributed by atoms with Crippen molar-refractivity contribution in [2.75, 3.05) is 0 Å². The van der Waals surface area contributed by atoms with Crippen molar-refractivity contribution in [3.8, 4) is 33.6 Å². The molecule has 0 aliphatic carbocycles. The summed E-state index contributed by atoms with van der Waals surface area (Å²) in [5.41, 5.74) is 11.4. The Balaban J connectivity index is 0.00000183. The van der Waals surface area contributed by atoms with Gasteiger partial charge in [-0.2, -0.15) is 0 Å². The van der Waals surface area contributed by atoms with E-state index in [4.69, 9.17) is 0 Å². The van der Waals surface area contributed by atoms with Crippen LogP contribution < -0.4 is 5.43 Å². The predicted molar refractivity (Wildman–Crippen MR) is 236 cm³/mol. The molecule has 0 saturated carbocycles. The van der Waals surface area contributed by atoms with E-state index in [1.54, 1.807) is 11.3 Å². The maximum absolute atomic E-state index is 14.1. The Kier molecular flexibility index (Phi) is 7.93. The van der Waals surface area contributed by atoms with Crippen molar-refractivity contribution in [3.05, 3.63) is 192 Å². The first-order chi connectivity index (χ1) is 27.2. The van der Waals surface area contributed by atoms with Gasteiger partial charge in [0.15, 0.2) is 5.43 Å². The van der Waals surface area contributed by atoms with E-state index in [1.165, 1.54) is 38.1 Å². The van der Waals surface area contributed by atoms with Crippen LogP contribution in [0.1, 0.15) is 13.8 Å². The summed E-state index contributed by atoms with van der Waals surface area (Å²) in [4.78, 5) is 14.1. The van der Waals surface area contributed by atoms with Gasteiger partial charge in [-0.15, -0.1) is 11.3 Å². The average Bonchev–Trinajstić information content (AvgIpc) is 3.77. The summed E-state index contributed by atoms with van der Waals surface area (Å²) in [5.74, 6) is 0. The molecule has 262 valence electrons. The van der Waals surface area contributed by atoms with E-state index < -0.39 is 0 Å². The number of para-hydroxylation sites is 4. The molecule has 0 aliphatic rings. The van der Waals surface area contributed by atoms with Crippen LogP contribution in [0.5, 0.6) is 0 Å². The number of aromatic nitrogens is 2. The smallest absolute Gasteiger partial charge is 0.195 e. The third-order valence-corrected chi connectivity index (χ3v) is 11.8. The lowest BCUT2D eigenvalue weighted by Crippen LogP contribution is -2.01. The van der Waals surface area contributed by atoms with E-state index in [0.29, 0.717) is 0 Å². The lowest BCUT2D eigenvalue weighted by Gasteiger charge is -2.09. The number of rotatable bonds is 4. The van der Waals surface area contributed by atoms with Crippen LogP contribution in [0.4, 0.5) is 0 Å². The van der Waals surface area contributed by atoms with Gasteiger partial charge in [-0.25, -0.2) is 0 Å². The average molecular weight is 725 g/mol. The molecule has 0 spiro atoms. The van der Waals surface area contributed by atoms with Crippen molar-refractivity contribution in [2.45, 2.75) is 13.8 Å². The summed E-state index contributed by atoms with van der Waals surface area (Å²) < 4.78 is 6.65. The lowest BCUT2D eigenvalue weighted by molar-refractivity contribution is 1.18. The van der Waals surface area contributed by atoms with Gasteiger partial charge in [-0.05, 0) is 107 Å². The van der Waals surface area contributed by atoms with Crippen LogP contribution in [-0.2, 0) is 0 Å². The summed E-state index contributed by atoms with van der Waals surface area (Å²) in [6.45, 7) is 4.00. The number of nitrogens with zero attached hydrogens (tertiary/aromatic N) is 2. The van der Waals surface area contributed by atoms with Gasteiger partial charge in [0.2, 0.25) is 0 Å². The van der Waals surface area contributed by atoms with Crippen LogP contribution in [0.2, 0.25) is 0 Å². The highest BCUT2D eigenvalue weighted by molar-refractivity contribution is 7.24. The fraction of sp³-hybridized carbons (Fsp3) is 0.0392. The third-order valence-electron chi connectivity index (χ3n) is 10.7. The second kappa shape index (κ2) is 13.3. The predicted octanol–water partition coefficient (Wildman–Crippen LogP) is 14.0. The summed E-state index contributed by atoms with van der Waals surface area (Å²) in [7, 11) is 0. The molecule has 11 rings (SSSR count). The number of hydrogen-bond donors (Lipinski definition) is 0. The Labute approximate surface area is 322 Å². The highest BCUT2D eigenvalue weighted by atomic mass is 32.1. The van der Waals surface area contributed by atoms with E-state index in [-0.39, 0.29) is 5.43 Å². The monoisotopic (exact) mass is 724 g/mol. The number of benzene rings is 8. The molecular weight excluding hydrogens is 689 g/mol. The molecule has 0 radical (unpaired) electrons. The summed E-state index contributed by atoms with van der Waals surface area (Å²) in [6.07, 6.45) is 0. The SMILES string of the molecule is CC.O=c1c2ccc(-c3ccc4c(c3)c3ccccc3n4-c3ccccc3)cc2sc2ccc(-c3ccc4c(c3)c3ccccc3n4-c3ccccc3)cc12. The van der Waals surface area contributed by atoms with Crippen molar-refractivity contribution in [2.24, 2.45) is 0 Å². The van der Waals surface area contributed by atoms with Gasteiger partial charge in [0.25, 0.3) is 0 Å². The minimum atomic E-state index is 0.0743. The molecule has 0 aliphatic heterocycles. The van der Waals surface area contributed by atoms with Crippen molar-refractivity contribution < 1.29 is 0 Å². The summed E-state index contributed by atoms with van der Waals surface area (Å²) in [5, 5.41) is 6.36. The minimum absolute atomic E-state index is 0.0743. The largest absolute Gasteiger partial charge is 0.309 e. The highest BCUT2D eigenvalue weighted by Crippen LogP contribution is 2.38. The lowest BCUT2D eigenvalue weighted by atomic mass is 10.00. The van der Waals surface area contributed by atoms with Crippen molar-refractivity contribution in [1.82, 2.24) is 9.13 Å². The Bertz CT molecular complexity index is 3300. The van der Waals surface area contributed by atoms with Gasteiger partial charge in [-0.1, -0.05) is 111 Å². The van der Waals surface area contributed by atoms with E-state index in [0.717, 1.165) is 59.3 Å². The molecule has 0 bridgehead atoms. The molecular formula is C51H36N2OS. The van der Waals surface area contributed by atoms with Gasteiger partial charge in [0.1, 0.15) is 0 Å². The molecule has 55 heavy (non-hydrogen) atoms. The molecule has 8 aromatic carbocycles. The summed E-state index contributed by atoms with van der Waals surface area (Å²) in [6, 6.07) is 64.2. The van der Waals surface area contributed by atoms with Gasteiger partial charge in [0.05, 0.1) is 22.1 Å². The van der Waals surface area contributed by atoms with Crippen LogP contribution in [0.15, 0.2) is 187 Å². The van der Waals surface area contributed by atoms with Crippen LogP contribution in [0.25, 0.3) is 97.4 Å². The Morgan fingerprint density at radius 1 is 0.345 bits per heavy atom. The van der Waals surface area contributed by atoms with Gasteiger partial charge in [0, 0.05) is 53.1 Å². The zero-order valence-electron chi connectivity index (χ0n) is 30.5. The van der Waals surface area contributed by atoms with E-state index >= 15 is 0 Å². The van der Waals surface area contributed by atoms with Crippen LogP contribution in [-0.4, -0.2) is 9.13 Å². The number of hydrogen-bond acceptors (Lipinski definition) is 2. The van der Waals surface area contributed by atoms with Gasteiger partial charge >= 0.3 is 0 Å². The molecule has 0 N–H and O–H groups in total. The molecule has 11 aromatic rings. The van der Waals surface area contributed by atoms with E-state index in [9.17, 15) is 4.79 Å². The van der Waals surface area contributed by atoms with E-state index in [1.807, 2.05) is 19.9 Å². The van der Waals surface area contributed by atoms with Crippen molar-refractivity contribution >= 4 is 75.1 Å². The quantitative estimate of drug-likeness (QED) is 0.166. The topological polar surface area (TPSA) is 26.9 Å². The van der Waals surface area contributed by atoms with Crippen molar-refractivity contribution in [3.63, 3.8) is 0 Å². The van der Waals surface area contributed by atoms with Crippen LogP contribution in [0, 0.1) is 0 Å². The molecule has 3 heterocycles. The summed E-state index contributed by atoms with van der Waals surface area (Å²) >= 11 is 1.68. The zero-order valence-corrected chi connectivity index (χ0v) is 31.3. The molecule has 0 atom stereocenters. The maximum atomic E-state index is 14.1. The minimum Gasteiger partial charge on any atom is -0.309 e. The molecule has 0 amide bonds. The van der Waals surface area contributed by atoms with Gasteiger partial charge in [-0.3, -0.25) is 4.79 Å². The van der Waals surface area contributed by atoms with E-state index in [2.05, 4.69) is 185 Å². The standard InChI is InChI=1S/C49H30N2OS.C2H6/c52-49-39-23-19-34(32-21-25-46-41(28-32)38-16-8-10-18-44(38)51(46)36-13-5-2-6-14-36)30-48(39)53-47-26-22-33(29-42(47)49)31-20-24-45-40(27-31)37-15-7-9-17-43(37)50(45)35-11-3-1-4-12-35;1-2/h1-30H;1-2H3. The van der Waals surface area contributed by atoms with Gasteiger partial charge < -0.3 is 9.13 Å². The number of fused-ring (bicyclic) bond motifs is 8. The first-order valence-electron chi connectivity index (χ1n) is 18.9. The molecule has 3 aromatic heterocycles. The Morgan fingerprint density at radius 3 is 1.31 bits per heavy atom. The second-order valence-corrected chi connectivity index (χ2v) is 14.8. The maximum Gasteiger partial charge on any atom is 0.195 e. The first kappa shape index (κ1) is 32.9. The highest BCUT2D eigenvalue weighted by Gasteiger charge is 2.16.